The summed E-state index contributed by atoms with van der Waals surface area (Å²) >= 11 is 0. The van der Waals surface area contributed by atoms with E-state index in [2.05, 4.69) is 223 Å². The molecule has 0 unspecified atom stereocenters. The zero-order chi connectivity index (χ0) is 44.1. The molecule has 61 heavy (non-hydrogen) atoms. The number of hydrogen-bond acceptors (Lipinski definition) is 2. The molecule has 0 aliphatic carbocycles. The molecule has 0 atom stereocenters. The van der Waals surface area contributed by atoms with Crippen molar-refractivity contribution in [2.24, 2.45) is 0 Å². The minimum absolute atomic E-state index is 0.0469. The quantitative estimate of drug-likeness (QED) is 0.158. The van der Waals surface area contributed by atoms with Crippen molar-refractivity contribution < 1.29 is 10.0 Å². The fourth-order valence-corrected chi connectivity index (χ4v) is 8.04. The monoisotopic (exact) mass is 802 g/mol. The highest BCUT2D eigenvalue weighted by atomic mass is 16.4. The van der Waals surface area contributed by atoms with Crippen LogP contribution >= 0.6 is 0 Å². The first-order valence-electron chi connectivity index (χ1n) is 21.8. The Morgan fingerprint density at radius 1 is 0.246 bits per heavy atom. The lowest BCUT2D eigenvalue weighted by molar-refractivity contribution is 0.426. The van der Waals surface area contributed by atoms with Crippen LogP contribution in [-0.2, 0) is 21.7 Å². The van der Waals surface area contributed by atoms with Gasteiger partial charge >= 0.3 is 7.12 Å². The van der Waals surface area contributed by atoms with E-state index < -0.39 is 7.12 Å². The Bertz CT molecular complexity index is 2310. The predicted octanol–water partition coefficient (Wildman–Crippen LogP) is 14.6. The highest BCUT2D eigenvalue weighted by molar-refractivity contribution is 6.58. The van der Waals surface area contributed by atoms with Gasteiger partial charge in [-0.15, -0.1) is 0 Å². The summed E-state index contributed by atoms with van der Waals surface area (Å²) in [5, 5.41) is 21.6. The average Bonchev–Trinajstić information content (AvgIpc) is 3.22. The summed E-state index contributed by atoms with van der Waals surface area (Å²) in [6, 6.07) is 55.2. The second kappa shape index (κ2) is 16.4. The number of benzene rings is 7. The third-order valence-electron chi connectivity index (χ3n) is 12.1. The van der Waals surface area contributed by atoms with Crippen molar-refractivity contribution in [3.05, 3.63) is 174 Å². The third kappa shape index (κ3) is 10.0. The van der Waals surface area contributed by atoms with Gasteiger partial charge < -0.3 is 10.0 Å². The Morgan fingerprint density at radius 2 is 0.410 bits per heavy atom. The van der Waals surface area contributed by atoms with E-state index >= 15 is 0 Å². The van der Waals surface area contributed by atoms with Crippen molar-refractivity contribution in [1.82, 2.24) is 0 Å². The van der Waals surface area contributed by atoms with Gasteiger partial charge in [0.1, 0.15) is 0 Å². The molecule has 0 amide bonds. The Balaban J connectivity index is 1.42. The van der Waals surface area contributed by atoms with Gasteiger partial charge in [0, 0.05) is 0 Å². The minimum atomic E-state index is -1.64. The summed E-state index contributed by atoms with van der Waals surface area (Å²) in [6.07, 6.45) is 0. The van der Waals surface area contributed by atoms with Crippen LogP contribution in [0.3, 0.4) is 0 Å². The largest absolute Gasteiger partial charge is 0.488 e. The molecule has 0 bridgehead atoms. The summed E-state index contributed by atoms with van der Waals surface area (Å²) in [5.74, 6) is 0. The van der Waals surface area contributed by atoms with E-state index in [1.165, 1.54) is 22.3 Å². The molecular formula is C58H63BO2. The van der Waals surface area contributed by atoms with Crippen LogP contribution in [0, 0.1) is 0 Å². The highest BCUT2D eigenvalue weighted by Gasteiger charge is 2.20. The van der Waals surface area contributed by atoms with Crippen LogP contribution < -0.4 is 5.46 Å². The maximum Gasteiger partial charge on any atom is 0.488 e. The molecule has 2 nitrogen and oxygen atoms in total. The summed E-state index contributed by atoms with van der Waals surface area (Å²) in [6.45, 7) is 26.9. The molecule has 0 spiro atoms. The molecular weight excluding hydrogens is 739 g/mol. The topological polar surface area (TPSA) is 40.5 Å². The molecule has 7 aromatic rings. The van der Waals surface area contributed by atoms with E-state index in [4.69, 9.17) is 0 Å². The smallest absolute Gasteiger partial charge is 0.423 e. The van der Waals surface area contributed by atoms with Crippen LogP contribution in [0.15, 0.2) is 152 Å². The van der Waals surface area contributed by atoms with Gasteiger partial charge in [0.05, 0.1) is 0 Å². The van der Waals surface area contributed by atoms with Crippen LogP contribution in [-0.4, -0.2) is 17.2 Å². The van der Waals surface area contributed by atoms with Gasteiger partial charge in [0.15, 0.2) is 0 Å². The molecule has 0 aliphatic heterocycles. The lowest BCUT2D eigenvalue weighted by Gasteiger charge is -2.20. The lowest BCUT2D eigenvalue weighted by Crippen LogP contribution is -2.30. The molecule has 0 radical (unpaired) electrons. The lowest BCUT2D eigenvalue weighted by atomic mass is 9.77. The van der Waals surface area contributed by atoms with Gasteiger partial charge in [-0.3, -0.25) is 0 Å². The normalized spacial score (nSPS) is 12.4. The maximum atomic E-state index is 10.8. The molecule has 310 valence electrons. The van der Waals surface area contributed by atoms with Gasteiger partial charge in [0.2, 0.25) is 0 Å². The van der Waals surface area contributed by atoms with Crippen LogP contribution in [0.1, 0.15) is 105 Å². The molecule has 0 saturated carbocycles. The fourth-order valence-electron chi connectivity index (χ4n) is 8.04. The summed E-state index contributed by atoms with van der Waals surface area (Å²) in [7, 11) is -1.64. The first-order chi connectivity index (χ1) is 28.5. The maximum absolute atomic E-state index is 10.8. The van der Waals surface area contributed by atoms with Crippen molar-refractivity contribution >= 4 is 12.6 Å². The van der Waals surface area contributed by atoms with Gasteiger partial charge in [0.25, 0.3) is 0 Å². The van der Waals surface area contributed by atoms with E-state index in [1.807, 2.05) is 12.1 Å². The van der Waals surface area contributed by atoms with Gasteiger partial charge in [-0.2, -0.15) is 0 Å². The molecule has 0 heterocycles. The zero-order valence-corrected chi connectivity index (χ0v) is 38.4. The van der Waals surface area contributed by atoms with E-state index in [1.54, 1.807) is 0 Å². The standard InChI is InChI=1S/C58H63BO2/c1-55(2,3)50-21-13-38(14-22-50)42-29-43(39-15-23-51(24-16-39)56(4,5)6)32-46(31-42)48-35-49(37-54(36-48)59(60)61)47-33-44(40-17-25-52(26-18-40)57(7,8)9)30-45(34-47)41-19-27-53(28-20-41)58(10,11)12/h13-37,60-61H,1-12H3. The predicted molar refractivity (Wildman–Crippen MR) is 264 cm³/mol. The minimum Gasteiger partial charge on any atom is -0.423 e. The molecule has 3 heteroatoms. The van der Waals surface area contributed by atoms with Crippen molar-refractivity contribution in [1.29, 1.82) is 0 Å². The Morgan fingerprint density at radius 3 is 0.574 bits per heavy atom. The molecule has 7 rings (SSSR count). The van der Waals surface area contributed by atoms with Crippen molar-refractivity contribution in [3.8, 4) is 66.8 Å². The Kier molecular flexibility index (Phi) is 11.7. The van der Waals surface area contributed by atoms with E-state index in [9.17, 15) is 10.0 Å². The van der Waals surface area contributed by atoms with Crippen molar-refractivity contribution in [3.63, 3.8) is 0 Å². The Labute approximate surface area is 366 Å². The molecule has 0 aliphatic rings. The van der Waals surface area contributed by atoms with Gasteiger partial charge in [-0.25, -0.2) is 0 Å². The Hall–Kier alpha value is -5.48. The highest BCUT2D eigenvalue weighted by Crippen LogP contribution is 2.39. The average molecular weight is 803 g/mol. The van der Waals surface area contributed by atoms with Gasteiger partial charge in [-0.05, 0) is 159 Å². The second-order valence-electron chi connectivity index (χ2n) is 21.1. The number of hydrogen-bond donors (Lipinski definition) is 2. The number of rotatable bonds is 7. The van der Waals surface area contributed by atoms with Crippen LogP contribution in [0.25, 0.3) is 66.8 Å². The molecule has 0 fully saturated rings. The summed E-state index contributed by atoms with van der Waals surface area (Å²) < 4.78 is 0. The van der Waals surface area contributed by atoms with Crippen LogP contribution in [0.4, 0.5) is 0 Å². The molecule has 7 aromatic carbocycles. The molecule has 0 aromatic heterocycles. The molecule has 2 N–H and O–H groups in total. The SMILES string of the molecule is CC(C)(C)c1ccc(-c2cc(-c3ccc(C(C)(C)C)cc3)cc(-c3cc(B(O)O)cc(-c4cc(-c5ccc(C(C)(C)C)cc5)cc(-c5ccc(C(C)(C)C)cc5)c4)c3)c2)cc1. The fraction of sp³-hybridized carbons (Fsp3) is 0.276. The second-order valence-corrected chi connectivity index (χ2v) is 21.1. The van der Waals surface area contributed by atoms with Crippen LogP contribution in [0.5, 0.6) is 0 Å². The summed E-state index contributed by atoms with van der Waals surface area (Å²) in [4.78, 5) is 0. The van der Waals surface area contributed by atoms with Crippen LogP contribution in [0.2, 0.25) is 0 Å². The van der Waals surface area contributed by atoms with E-state index in [0.29, 0.717) is 5.46 Å². The molecule has 0 saturated heterocycles. The first-order valence-corrected chi connectivity index (χ1v) is 21.8. The first kappa shape index (κ1) is 43.6. The summed E-state index contributed by atoms with van der Waals surface area (Å²) in [5.41, 5.74) is 18.6. The van der Waals surface area contributed by atoms with E-state index in [-0.39, 0.29) is 21.7 Å². The zero-order valence-electron chi connectivity index (χ0n) is 38.4. The van der Waals surface area contributed by atoms with Gasteiger partial charge in [-0.1, -0.05) is 192 Å². The van der Waals surface area contributed by atoms with Crippen molar-refractivity contribution in [2.75, 3.05) is 0 Å². The third-order valence-corrected chi connectivity index (χ3v) is 12.1. The van der Waals surface area contributed by atoms with Crippen molar-refractivity contribution in [2.45, 2.75) is 105 Å². The van der Waals surface area contributed by atoms with E-state index in [0.717, 1.165) is 66.8 Å².